The SMILES string of the molecule is C=C(C)C(=O)NCCCC(C)CC(O)CC. The van der Waals surface area contributed by atoms with Gasteiger partial charge in [-0.25, -0.2) is 0 Å². The molecule has 1 amide bonds. The molecule has 0 heterocycles. The zero-order valence-corrected chi connectivity index (χ0v) is 10.8. The van der Waals surface area contributed by atoms with E-state index in [0.717, 1.165) is 25.7 Å². The molecule has 0 aromatic rings. The molecule has 0 spiro atoms. The summed E-state index contributed by atoms with van der Waals surface area (Å²) in [4.78, 5) is 11.2. The highest BCUT2D eigenvalue weighted by Gasteiger charge is 2.08. The van der Waals surface area contributed by atoms with Gasteiger partial charge in [0, 0.05) is 12.1 Å². The molecule has 16 heavy (non-hydrogen) atoms. The van der Waals surface area contributed by atoms with E-state index in [-0.39, 0.29) is 12.0 Å². The van der Waals surface area contributed by atoms with Gasteiger partial charge in [0.25, 0.3) is 0 Å². The van der Waals surface area contributed by atoms with Crippen LogP contribution >= 0.6 is 0 Å². The lowest BCUT2D eigenvalue weighted by molar-refractivity contribution is -0.117. The van der Waals surface area contributed by atoms with E-state index < -0.39 is 0 Å². The molecule has 2 unspecified atom stereocenters. The molecule has 0 aromatic carbocycles. The number of aliphatic hydroxyl groups excluding tert-OH is 1. The first-order valence-electron chi connectivity index (χ1n) is 6.09. The first-order valence-corrected chi connectivity index (χ1v) is 6.09. The Morgan fingerprint density at radius 2 is 2.12 bits per heavy atom. The topological polar surface area (TPSA) is 49.3 Å². The van der Waals surface area contributed by atoms with Gasteiger partial charge in [0.05, 0.1) is 6.10 Å². The first-order chi connectivity index (χ1) is 7.47. The van der Waals surface area contributed by atoms with Crippen molar-refractivity contribution in [2.45, 2.75) is 52.6 Å². The maximum absolute atomic E-state index is 11.2. The van der Waals surface area contributed by atoms with Gasteiger partial charge in [-0.1, -0.05) is 20.4 Å². The summed E-state index contributed by atoms with van der Waals surface area (Å²) < 4.78 is 0. The summed E-state index contributed by atoms with van der Waals surface area (Å²) in [5.74, 6) is 0.443. The van der Waals surface area contributed by atoms with Crippen LogP contribution in [0.4, 0.5) is 0 Å². The molecule has 0 aliphatic rings. The third kappa shape index (κ3) is 7.46. The van der Waals surface area contributed by atoms with E-state index in [1.54, 1.807) is 6.92 Å². The summed E-state index contributed by atoms with van der Waals surface area (Å²) in [6.07, 6.45) is 3.48. The lowest BCUT2D eigenvalue weighted by Gasteiger charge is -2.15. The number of nitrogens with one attached hydrogen (secondary N) is 1. The number of amides is 1. The number of rotatable bonds is 8. The van der Waals surface area contributed by atoms with Gasteiger partial charge in [0.15, 0.2) is 0 Å². The van der Waals surface area contributed by atoms with Crippen LogP contribution in [0.2, 0.25) is 0 Å². The quantitative estimate of drug-likeness (QED) is 0.493. The van der Waals surface area contributed by atoms with Gasteiger partial charge >= 0.3 is 0 Å². The van der Waals surface area contributed by atoms with Gasteiger partial charge in [0.2, 0.25) is 5.91 Å². The molecule has 3 nitrogen and oxygen atoms in total. The summed E-state index contributed by atoms with van der Waals surface area (Å²) in [7, 11) is 0. The van der Waals surface area contributed by atoms with Crippen molar-refractivity contribution in [3.05, 3.63) is 12.2 Å². The second-order valence-corrected chi connectivity index (χ2v) is 4.58. The fraction of sp³-hybridized carbons (Fsp3) is 0.769. The predicted octanol–water partition coefficient (Wildman–Crippen LogP) is 2.26. The van der Waals surface area contributed by atoms with Crippen molar-refractivity contribution in [2.24, 2.45) is 5.92 Å². The molecule has 94 valence electrons. The minimum Gasteiger partial charge on any atom is -0.393 e. The predicted molar refractivity (Wildman–Crippen MR) is 67.1 cm³/mol. The molecule has 2 atom stereocenters. The summed E-state index contributed by atoms with van der Waals surface area (Å²) in [5, 5.41) is 12.3. The molecular weight excluding hydrogens is 202 g/mol. The zero-order chi connectivity index (χ0) is 12.6. The molecule has 0 fully saturated rings. The molecule has 0 saturated heterocycles. The first kappa shape index (κ1) is 15.2. The molecule has 3 heteroatoms. The molecule has 0 rings (SSSR count). The lowest BCUT2D eigenvalue weighted by atomic mass is 9.97. The van der Waals surface area contributed by atoms with Crippen LogP contribution in [-0.2, 0) is 4.79 Å². The molecule has 0 radical (unpaired) electrons. The normalized spacial score (nSPS) is 14.2. The second kappa shape index (κ2) is 8.34. The fourth-order valence-electron chi connectivity index (χ4n) is 1.55. The number of carbonyl (C=O) groups is 1. The summed E-state index contributed by atoms with van der Waals surface area (Å²) in [5.41, 5.74) is 0.550. The Morgan fingerprint density at radius 1 is 1.50 bits per heavy atom. The van der Waals surface area contributed by atoms with Crippen LogP contribution in [0, 0.1) is 5.92 Å². The monoisotopic (exact) mass is 227 g/mol. The number of aliphatic hydroxyl groups is 1. The summed E-state index contributed by atoms with van der Waals surface area (Å²) >= 11 is 0. The van der Waals surface area contributed by atoms with Crippen molar-refractivity contribution < 1.29 is 9.90 Å². The Kier molecular flexibility index (Phi) is 7.90. The van der Waals surface area contributed by atoms with Crippen molar-refractivity contribution in [1.29, 1.82) is 0 Å². The van der Waals surface area contributed by atoms with Gasteiger partial charge in [0.1, 0.15) is 0 Å². The van der Waals surface area contributed by atoms with Crippen LogP contribution in [0.5, 0.6) is 0 Å². The average Bonchev–Trinajstić information content (AvgIpc) is 2.23. The standard InChI is InChI=1S/C13H25NO2/c1-5-12(15)9-11(4)7-6-8-14-13(16)10(2)3/h11-12,15H,2,5-9H2,1,3-4H3,(H,14,16). The van der Waals surface area contributed by atoms with Crippen LogP contribution in [0.15, 0.2) is 12.2 Å². The Hall–Kier alpha value is -0.830. The van der Waals surface area contributed by atoms with Crippen molar-refractivity contribution in [2.75, 3.05) is 6.54 Å². The number of hydrogen-bond acceptors (Lipinski definition) is 2. The number of hydrogen-bond donors (Lipinski definition) is 2. The molecule has 0 saturated carbocycles. The third-order valence-corrected chi connectivity index (χ3v) is 2.69. The van der Waals surface area contributed by atoms with Crippen molar-refractivity contribution in [1.82, 2.24) is 5.32 Å². The van der Waals surface area contributed by atoms with Gasteiger partial charge in [-0.15, -0.1) is 0 Å². The largest absolute Gasteiger partial charge is 0.393 e. The van der Waals surface area contributed by atoms with Gasteiger partial charge in [-0.3, -0.25) is 4.79 Å². The summed E-state index contributed by atoms with van der Waals surface area (Å²) in [6.45, 7) is 10.1. The number of carbonyl (C=O) groups excluding carboxylic acids is 1. The summed E-state index contributed by atoms with van der Waals surface area (Å²) in [6, 6.07) is 0. The Bertz CT molecular complexity index is 226. The molecular formula is C13H25NO2. The van der Waals surface area contributed by atoms with Crippen LogP contribution in [0.3, 0.4) is 0 Å². The van der Waals surface area contributed by atoms with Gasteiger partial charge < -0.3 is 10.4 Å². The van der Waals surface area contributed by atoms with E-state index in [4.69, 9.17) is 0 Å². The van der Waals surface area contributed by atoms with Crippen LogP contribution < -0.4 is 5.32 Å². The lowest BCUT2D eigenvalue weighted by Crippen LogP contribution is -2.25. The van der Waals surface area contributed by atoms with E-state index in [1.165, 1.54) is 0 Å². The van der Waals surface area contributed by atoms with Crippen LogP contribution in [0.25, 0.3) is 0 Å². The molecule has 0 bridgehead atoms. The van der Waals surface area contributed by atoms with Gasteiger partial charge in [-0.05, 0) is 38.5 Å². The van der Waals surface area contributed by atoms with E-state index >= 15 is 0 Å². The highest BCUT2D eigenvalue weighted by atomic mass is 16.3. The third-order valence-electron chi connectivity index (χ3n) is 2.69. The zero-order valence-electron chi connectivity index (χ0n) is 10.8. The van der Waals surface area contributed by atoms with Crippen molar-refractivity contribution >= 4 is 5.91 Å². The average molecular weight is 227 g/mol. The van der Waals surface area contributed by atoms with E-state index in [9.17, 15) is 9.90 Å². The van der Waals surface area contributed by atoms with Gasteiger partial charge in [-0.2, -0.15) is 0 Å². The van der Waals surface area contributed by atoms with E-state index in [1.807, 2.05) is 6.92 Å². The van der Waals surface area contributed by atoms with Crippen molar-refractivity contribution in [3.8, 4) is 0 Å². The second-order valence-electron chi connectivity index (χ2n) is 4.58. The minimum atomic E-state index is -0.181. The highest BCUT2D eigenvalue weighted by Crippen LogP contribution is 2.13. The highest BCUT2D eigenvalue weighted by molar-refractivity contribution is 5.91. The Balaban J connectivity index is 3.51. The Labute approximate surface area is 98.9 Å². The maximum atomic E-state index is 11.2. The smallest absolute Gasteiger partial charge is 0.246 e. The molecule has 2 N–H and O–H groups in total. The molecule has 0 aliphatic heterocycles. The minimum absolute atomic E-state index is 0.0683. The molecule has 0 aromatic heterocycles. The van der Waals surface area contributed by atoms with E-state index in [2.05, 4.69) is 18.8 Å². The van der Waals surface area contributed by atoms with Crippen molar-refractivity contribution in [3.63, 3.8) is 0 Å². The molecule has 0 aliphatic carbocycles. The Morgan fingerprint density at radius 3 is 2.62 bits per heavy atom. The van der Waals surface area contributed by atoms with Crippen LogP contribution in [0.1, 0.15) is 46.5 Å². The fourth-order valence-corrected chi connectivity index (χ4v) is 1.55. The van der Waals surface area contributed by atoms with E-state index in [0.29, 0.717) is 18.0 Å². The van der Waals surface area contributed by atoms with Crippen LogP contribution in [-0.4, -0.2) is 23.7 Å². The maximum Gasteiger partial charge on any atom is 0.246 e.